The maximum atomic E-state index is 5.80. The van der Waals surface area contributed by atoms with Crippen molar-refractivity contribution in [2.24, 2.45) is 5.84 Å². The van der Waals surface area contributed by atoms with E-state index < -0.39 is 0 Å². The Morgan fingerprint density at radius 1 is 1.15 bits per heavy atom. The lowest BCUT2D eigenvalue weighted by Gasteiger charge is -2.16. The van der Waals surface area contributed by atoms with Crippen LogP contribution in [0, 0.1) is 6.92 Å². The minimum Gasteiger partial charge on any atom is -0.271 e. The Morgan fingerprint density at radius 2 is 2.00 bits per heavy atom. The molecule has 3 heteroatoms. The summed E-state index contributed by atoms with van der Waals surface area (Å²) in [6.45, 7) is 2.12. The smallest absolute Gasteiger partial charge is 0.0514 e. The van der Waals surface area contributed by atoms with E-state index in [2.05, 4.69) is 66.3 Å². The highest BCUT2D eigenvalue weighted by Crippen LogP contribution is 2.31. The van der Waals surface area contributed by atoms with Crippen molar-refractivity contribution < 1.29 is 0 Å². The number of nitrogens with one attached hydrogen (secondary N) is 1. The molecule has 2 aromatic carbocycles. The molecule has 3 N–H and O–H groups in total. The van der Waals surface area contributed by atoms with E-state index in [0.29, 0.717) is 0 Å². The summed E-state index contributed by atoms with van der Waals surface area (Å²) in [5, 5.41) is 3.51. The highest BCUT2D eigenvalue weighted by atomic mass is 32.1. The summed E-state index contributed by atoms with van der Waals surface area (Å²) in [6, 6.07) is 17.2. The third kappa shape index (κ3) is 2.61. The van der Waals surface area contributed by atoms with E-state index in [1.165, 1.54) is 26.8 Å². The lowest BCUT2D eigenvalue weighted by atomic mass is 9.98. The van der Waals surface area contributed by atoms with E-state index in [-0.39, 0.29) is 6.04 Å². The number of rotatable bonds is 4. The predicted molar refractivity (Wildman–Crippen MR) is 86.8 cm³/mol. The van der Waals surface area contributed by atoms with Gasteiger partial charge in [0.1, 0.15) is 0 Å². The van der Waals surface area contributed by atoms with Crippen molar-refractivity contribution in [2.45, 2.75) is 19.4 Å². The van der Waals surface area contributed by atoms with E-state index in [1.54, 1.807) is 11.3 Å². The number of aryl methyl sites for hydroxylation is 1. The highest BCUT2D eigenvalue weighted by molar-refractivity contribution is 7.17. The molecule has 0 saturated carbocycles. The van der Waals surface area contributed by atoms with Gasteiger partial charge in [0, 0.05) is 4.70 Å². The quantitative estimate of drug-likeness (QED) is 0.561. The van der Waals surface area contributed by atoms with Crippen LogP contribution in [-0.2, 0) is 6.42 Å². The third-order valence-corrected chi connectivity index (χ3v) is 4.59. The molecule has 1 heterocycles. The second kappa shape index (κ2) is 5.75. The second-order valence-corrected chi connectivity index (χ2v) is 6.01. The molecule has 0 bridgehead atoms. The Balaban J connectivity index is 1.93. The van der Waals surface area contributed by atoms with Crippen molar-refractivity contribution in [2.75, 3.05) is 0 Å². The zero-order valence-electron chi connectivity index (χ0n) is 11.5. The Kier molecular flexibility index (Phi) is 3.83. The van der Waals surface area contributed by atoms with Crippen LogP contribution in [0.5, 0.6) is 0 Å². The van der Waals surface area contributed by atoms with Gasteiger partial charge in [-0.3, -0.25) is 11.3 Å². The van der Waals surface area contributed by atoms with Crippen LogP contribution in [0.4, 0.5) is 0 Å². The largest absolute Gasteiger partial charge is 0.271 e. The molecule has 0 amide bonds. The molecule has 1 unspecified atom stereocenters. The van der Waals surface area contributed by atoms with E-state index >= 15 is 0 Å². The second-order valence-electron chi connectivity index (χ2n) is 5.10. The van der Waals surface area contributed by atoms with E-state index in [0.717, 1.165) is 6.42 Å². The molecular formula is C17H18N2S. The Morgan fingerprint density at radius 3 is 2.80 bits per heavy atom. The summed E-state index contributed by atoms with van der Waals surface area (Å²) in [7, 11) is 0. The summed E-state index contributed by atoms with van der Waals surface area (Å²) in [6.07, 6.45) is 0.902. The molecule has 102 valence electrons. The van der Waals surface area contributed by atoms with Gasteiger partial charge >= 0.3 is 0 Å². The van der Waals surface area contributed by atoms with Gasteiger partial charge in [0.05, 0.1) is 6.04 Å². The summed E-state index contributed by atoms with van der Waals surface area (Å²) in [4.78, 5) is 0. The molecule has 0 radical (unpaired) electrons. The third-order valence-electron chi connectivity index (χ3n) is 3.61. The number of benzene rings is 2. The van der Waals surface area contributed by atoms with Crippen LogP contribution >= 0.6 is 11.3 Å². The molecule has 0 aliphatic carbocycles. The van der Waals surface area contributed by atoms with E-state index in [9.17, 15) is 0 Å². The molecule has 20 heavy (non-hydrogen) atoms. The maximum absolute atomic E-state index is 5.80. The molecule has 3 aromatic rings. The topological polar surface area (TPSA) is 38.0 Å². The van der Waals surface area contributed by atoms with Gasteiger partial charge in [-0.2, -0.15) is 0 Å². The molecule has 3 rings (SSSR count). The average Bonchev–Trinajstić information content (AvgIpc) is 2.89. The van der Waals surface area contributed by atoms with Gasteiger partial charge < -0.3 is 0 Å². The monoisotopic (exact) mass is 282 g/mol. The van der Waals surface area contributed by atoms with Crippen molar-refractivity contribution in [3.05, 3.63) is 70.6 Å². The van der Waals surface area contributed by atoms with Gasteiger partial charge in [-0.1, -0.05) is 48.0 Å². The zero-order valence-corrected chi connectivity index (χ0v) is 12.3. The van der Waals surface area contributed by atoms with Crippen molar-refractivity contribution in [3.8, 4) is 0 Å². The van der Waals surface area contributed by atoms with E-state index in [1.807, 2.05) is 0 Å². The first-order valence-electron chi connectivity index (χ1n) is 6.76. The molecule has 0 fully saturated rings. The van der Waals surface area contributed by atoms with Gasteiger partial charge in [-0.15, -0.1) is 11.3 Å². The van der Waals surface area contributed by atoms with Crippen molar-refractivity contribution in [3.63, 3.8) is 0 Å². The summed E-state index contributed by atoms with van der Waals surface area (Å²) in [5.74, 6) is 5.80. The van der Waals surface area contributed by atoms with Gasteiger partial charge in [0.25, 0.3) is 0 Å². The molecule has 1 atom stereocenters. The predicted octanol–water partition coefficient (Wildman–Crippen LogP) is 3.96. The Labute approximate surface area is 123 Å². The summed E-state index contributed by atoms with van der Waals surface area (Å²) < 4.78 is 1.31. The first-order chi connectivity index (χ1) is 9.78. The van der Waals surface area contributed by atoms with Gasteiger partial charge in [0.15, 0.2) is 0 Å². The average molecular weight is 282 g/mol. The fraction of sp³-hybridized carbons (Fsp3) is 0.176. The van der Waals surface area contributed by atoms with Gasteiger partial charge in [0.2, 0.25) is 0 Å². The number of thiophene rings is 1. The van der Waals surface area contributed by atoms with Crippen molar-refractivity contribution in [1.29, 1.82) is 0 Å². The minimum atomic E-state index is 0.146. The number of hydrazine groups is 1. The van der Waals surface area contributed by atoms with Crippen LogP contribution in [0.3, 0.4) is 0 Å². The number of hydrogen-bond donors (Lipinski definition) is 2. The molecule has 1 aromatic heterocycles. The van der Waals surface area contributed by atoms with Crippen LogP contribution in [0.15, 0.2) is 53.9 Å². The Hall–Kier alpha value is -1.68. The Bertz CT molecular complexity index is 718. The normalized spacial score (nSPS) is 12.7. The van der Waals surface area contributed by atoms with Gasteiger partial charge in [-0.05, 0) is 41.3 Å². The van der Waals surface area contributed by atoms with Crippen LogP contribution in [0.1, 0.15) is 22.7 Å². The fourth-order valence-corrected chi connectivity index (χ4v) is 3.62. The fourth-order valence-electron chi connectivity index (χ4n) is 2.60. The number of fused-ring (bicyclic) bond motifs is 1. The summed E-state index contributed by atoms with van der Waals surface area (Å²) in [5.41, 5.74) is 6.85. The van der Waals surface area contributed by atoms with Crippen molar-refractivity contribution in [1.82, 2.24) is 5.43 Å². The minimum absolute atomic E-state index is 0.146. The molecule has 0 spiro atoms. The van der Waals surface area contributed by atoms with Crippen LogP contribution in [0.25, 0.3) is 10.1 Å². The molecule has 0 saturated heterocycles. The maximum Gasteiger partial charge on any atom is 0.0514 e. The van der Waals surface area contributed by atoms with Crippen LogP contribution in [0.2, 0.25) is 0 Å². The lowest BCUT2D eigenvalue weighted by molar-refractivity contribution is 0.556. The van der Waals surface area contributed by atoms with Crippen LogP contribution in [-0.4, -0.2) is 0 Å². The molecule has 2 nitrogen and oxygen atoms in total. The number of nitrogens with two attached hydrogens (primary N) is 1. The van der Waals surface area contributed by atoms with E-state index in [4.69, 9.17) is 5.84 Å². The molecular weight excluding hydrogens is 264 g/mol. The zero-order chi connectivity index (χ0) is 13.9. The highest BCUT2D eigenvalue weighted by Gasteiger charge is 2.15. The first-order valence-corrected chi connectivity index (χ1v) is 7.63. The van der Waals surface area contributed by atoms with Crippen molar-refractivity contribution >= 4 is 21.4 Å². The standard InChI is InChI=1S/C17H18N2S/c1-12-5-4-6-13(9-12)10-16(19-18)15-11-20-17-8-3-2-7-14(15)17/h2-9,11,16,19H,10,18H2,1H3. The SMILES string of the molecule is Cc1cccc(CC(NN)c2csc3ccccc23)c1. The molecule has 0 aliphatic rings. The lowest BCUT2D eigenvalue weighted by Crippen LogP contribution is -2.29. The summed E-state index contributed by atoms with van der Waals surface area (Å²) >= 11 is 1.78. The first kappa shape index (κ1) is 13.3. The molecule has 0 aliphatic heterocycles. The van der Waals surface area contributed by atoms with Gasteiger partial charge in [-0.25, -0.2) is 0 Å². The van der Waals surface area contributed by atoms with Crippen LogP contribution < -0.4 is 11.3 Å². The number of hydrogen-bond acceptors (Lipinski definition) is 3.